The van der Waals surface area contributed by atoms with Crippen LogP contribution in [0.25, 0.3) is 22.3 Å². The van der Waals surface area contributed by atoms with Crippen LogP contribution in [0.15, 0.2) is 147 Å². The van der Waals surface area contributed by atoms with E-state index in [1.807, 2.05) is 60.7 Å². The lowest BCUT2D eigenvalue weighted by molar-refractivity contribution is -0.149. The van der Waals surface area contributed by atoms with Crippen LogP contribution in [0.1, 0.15) is 23.6 Å². The van der Waals surface area contributed by atoms with E-state index >= 15 is 0 Å². The first-order valence-electron chi connectivity index (χ1n) is 26.2. The van der Waals surface area contributed by atoms with Crippen LogP contribution in [0.4, 0.5) is 32.6 Å². The highest BCUT2D eigenvalue weighted by Gasteiger charge is 2.57. The molecule has 4 amide bonds. The molecule has 14 atom stereocenters. The molecule has 0 radical (unpaired) electrons. The second-order valence-corrected chi connectivity index (χ2v) is 25.7. The van der Waals surface area contributed by atoms with E-state index in [2.05, 4.69) is 64.1 Å². The van der Waals surface area contributed by atoms with Gasteiger partial charge in [0.05, 0.1) is 25.9 Å². The smallest absolute Gasteiger partial charge is 0.347 e. The van der Waals surface area contributed by atoms with Crippen molar-refractivity contribution in [1.82, 2.24) is 39.0 Å². The average Bonchev–Trinajstić information content (AvgIpc) is 1.91. The zero-order chi connectivity index (χ0) is 60.5. The second-order valence-electron chi connectivity index (χ2n) is 19.5. The molecule has 0 bridgehead atoms. The predicted molar refractivity (Wildman–Crippen MR) is 298 cm³/mol. The number of para-hydroxylation sites is 2. The lowest BCUT2D eigenvalue weighted by Gasteiger charge is -2.23. The van der Waals surface area contributed by atoms with Crippen molar-refractivity contribution < 1.29 is 97.8 Å². The molecule has 4 saturated heterocycles. The maximum Gasteiger partial charge on any atom is 0.490 e. The van der Waals surface area contributed by atoms with Crippen LogP contribution in [0.2, 0.25) is 0 Å². The van der Waals surface area contributed by atoms with Gasteiger partial charge in [0, 0.05) is 24.2 Å². The number of carbonyl (C=O) groups excluding carboxylic acids is 2. The molecule has 87 heavy (non-hydrogen) atoms. The number of hydrogen-bond acceptors (Lipinski definition) is 23. The number of phosphoric ester groups is 2. The Balaban J connectivity index is 0.690. The summed E-state index contributed by atoms with van der Waals surface area (Å²) in [5, 5.41) is 10.6. The SMILES string of the molecule is O=C(Nc1ccccc1)Nc1ncnc2c1ncn2[C@@H]1O[C@H](COP(=O)(O)OP(=O)(O)OP(=O)(O)OP(=O)(O)OC[C@@H]2O[C@H](n3cnc4c(NC(=O)Nc5ccccc5)ncnc43)[C@H]3O[C@@H](Cc4ccccc4)O[C@H]32)[C@H]2O[C@@H](Cc3ccccc3)O[C@H]21. The maximum absolute atomic E-state index is 13.3. The highest BCUT2D eigenvalue weighted by Crippen LogP contribution is 2.71. The highest BCUT2D eigenvalue weighted by molar-refractivity contribution is 7.69. The van der Waals surface area contributed by atoms with Crippen LogP contribution in [0.3, 0.4) is 0 Å². The summed E-state index contributed by atoms with van der Waals surface area (Å²) < 4.78 is 116. The van der Waals surface area contributed by atoms with E-state index in [-0.39, 0.29) is 46.8 Å². The first-order valence-corrected chi connectivity index (χ1v) is 32.1. The van der Waals surface area contributed by atoms with Crippen LogP contribution in [0.5, 0.6) is 0 Å². The molecule has 4 unspecified atom stereocenters. The Hall–Kier alpha value is -7.16. The first kappa shape index (κ1) is 60.1. The molecular weight excluding hydrogens is 1230 g/mol. The molecule has 37 heteroatoms. The first-order chi connectivity index (χ1) is 41.8. The summed E-state index contributed by atoms with van der Waals surface area (Å²) >= 11 is 0. The van der Waals surface area contributed by atoms with E-state index in [1.165, 1.54) is 34.4 Å². The fourth-order valence-electron chi connectivity index (χ4n) is 9.97. The van der Waals surface area contributed by atoms with Gasteiger partial charge in [-0.05, 0) is 35.4 Å². The van der Waals surface area contributed by atoms with E-state index < -0.39 is 118 Å². The molecule has 0 saturated carbocycles. The van der Waals surface area contributed by atoms with Crippen molar-refractivity contribution in [3.8, 4) is 0 Å². The Morgan fingerprint density at radius 3 is 1.20 bits per heavy atom. The van der Waals surface area contributed by atoms with Crippen molar-refractivity contribution in [3.63, 3.8) is 0 Å². The van der Waals surface area contributed by atoms with Crippen LogP contribution in [0, 0.1) is 0 Å². The number of amides is 4. The van der Waals surface area contributed by atoms with Gasteiger partial charge in [-0.25, -0.2) is 57.8 Å². The number of fused-ring (bicyclic) bond motifs is 4. The van der Waals surface area contributed by atoms with Gasteiger partial charge in [-0.3, -0.25) is 28.8 Å². The molecule has 4 aliphatic rings. The van der Waals surface area contributed by atoms with Gasteiger partial charge in [0.2, 0.25) is 0 Å². The number of imidazole rings is 2. The third kappa shape index (κ3) is 14.2. The summed E-state index contributed by atoms with van der Waals surface area (Å²) in [4.78, 5) is 94.2. The summed E-state index contributed by atoms with van der Waals surface area (Å²) in [6.07, 6.45) is -5.46. The van der Waals surface area contributed by atoms with E-state index in [9.17, 15) is 47.4 Å². The zero-order valence-electron chi connectivity index (χ0n) is 44.6. The topological polar surface area (TPSA) is 420 Å². The maximum atomic E-state index is 13.3. The number of nitrogens with one attached hydrogen (secondary N) is 4. The van der Waals surface area contributed by atoms with Crippen LogP contribution in [-0.2, 0) is 81.5 Å². The van der Waals surface area contributed by atoms with Crippen LogP contribution < -0.4 is 21.3 Å². The van der Waals surface area contributed by atoms with Crippen molar-refractivity contribution in [1.29, 1.82) is 0 Å². The molecule has 4 aromatic heterocycles. The Kier molecular flexibility index (Phi) is 17.4. The quantitative estimate of drug-likeness (QED) is 0.0318. The van der Waals surface area contributed by atoms with Gasteiger partial charge in [-0.2, -0.15) is 12.9 Å². The van der Waals surface area contributed by atoms with Crippen LogP contribution in [-0.4, -0.2) is 133 Å². The third-order valence-electron chi connectivity index (χ3n) is 13.5. The molecule has 12 rings (SSSR count). The van der Waals surface area contributed by atoms with E-state index in [1.54, 1.807) is 60.7 Å². The number of urea groups is 2. The van der Waals surface area contributed by atoms with Crippen LogP contribution >= 0.6 is 31.3 Å². The van der Waals surface area contributed by atoms with Gasteiger partial charge in [0.15, 0.2) is 59.0 Å². The zero-order valence-corrected chi connectivity index (χ0v) is 48.1. The number of anilines is 4. The number of hydrogen-bond donors (Lipinski definition) is 8. The molecule has 4 aromatic carbocycles. The summed E-state index contributed by atoms with van der Waals surface area (Å²) in [6.45, 7) is -1.86. The number of benzene rings is 4. The Labute approximate surface area is 490 Å². The molecule has 4 fully saturated rings. The summed E-state index contributed by atoms with van der Waals surface area (Å²) in [7, 11) is -24.2. The molecule has 0 aliphatic carbocycles. The van der Waals surface area contributed by atoms with Gasteiger partial charge in [-0.1, -0.05) is 97.1 Å². The number of aromatic nitrogens is 8. The summed E-state index contributed by atoms with van der Waals surface area (Å²) in [5.74, 6) is 0.0504. The molecule has 456 valence electrons. The van der Waals surface area contributed by atoms with Crippen molar-refractivity contribution in [2.75, 3.05) is 34.5 Å². The number of carbonyl (C=O) groups is 2. The number of phosphoric acid groups is 4. The predicted octanol–water partition coefficient (Wildman–Crippen LogP) is 6.94. The third-order valence-corrected chi connectivity index (χ3v) is 19.4. The highest BCUT2D eigenvalue weighted by atomic mass is 31.3. The molecule has 8 aromatic rings. The lowest BCUT2D eigenvalue weighted by Crippen LogP contribution is -2.31. The van der Waals surface area contributed by atoms with Gasteiger partial charge in [0.1, 0.15) is 49.3 Å². The second kappa shape index (κ2) is 25.1. The van der Waals surface area contributed by atoms with Gasteiger partial charge in [0.25, 0.3) is 0 Å². The Morgan fingerprint density at radius 1 is 0.448 bits per heavy atom. The monoisotopic (exact) mass is 1280 g/mol. The number of ether oxygens (including phenoxy) is 6. The van der Waals surface area contributed by atoms with Crippen molar-refractivity contribution in [3.05, 3.63) is 158 Å². The fourth-order valence-corrected chi connectivity index (χ4v) is 14.9. The Morgan fingerprint density at radius 2 is 0.805 bits per heavy atom. The normalized spacial score (nSPS) is 26.0. The van der Waals surface area contributed by atoms with Crippen molar-refractivity contribution in [2.24, 2.45) is 0 Å². The van der Waals surface area contributed by atoms with Gasteiger partial charge < -0.3 is 58.6 Å². The van der Waals surface area contributed by atoms with Crippen molar-refractivity contribution >= 4 is 88.7 Å². The minimum Gasteiger partial charge on any atom is -0.347 e. The molecule has 0 spiro atoms. The van der Waals surface area contributed by atoms with Crippen molar-refractivity contribution in [2.45, 2.75) is 74.5 Å². The minimum absolute atomic E-state index is 0.0252. The molecule has 8 heterocycles. The van der Waals surface area contributed by atoms with Gasteiger partial charge in [-0.15, -0.1) is 0 Å². The van der Waals surface area contributed by atoms with E-state index in [4.69, 9.17) is 37.5 Å². The number of rotatable bonds is 22. The largest absolute Gasteiger partial charge is 0.490 e. The van der Waals surface area contributed by atoms with E-state index in [0.717, 1.165) is 11.1 Å². The van der Waals surface area contributed by atoms with Gasteiger partial charge >= 0.3 is 43.4 Å². The standard InChI is InChI=1S/C50H50N12O21P4/c63-49(57-31-17-9-3-10-18-31)59-43-37-45(53-25-51-43)61(27-55-37)47-41-39(77-35(79-41)21-29-13-5-1-6-14-29)33(75-47)23-73-84(65,66)81-86(69,70)83-87(71,72)82-85(67,68)74-24-34-40-42(80-36(78-40)22-30-15-7-2-8-16-30)48(76-34)62-28-56-38-44(52-26-54-46(38)62)60-50(64)58-32-19-11-4-12-20-32/h1-20,25-28,33-36,39-42,47-48H,21-24H2,(H,65,66)(H,67,68)(H,69,70)(H,71,72)(H2,51,53,57,59,63)(H2,52,54,58,60,64)/t33-,34+,35-,36+,39-,40+,41-,42+,47-,48+. The fraction of sp³-hybridized carbons (Fsp3) is 0.280. The molecular formula is C50H50N12O21P4. The molecule has 33 nitrogen and oxygen atoms in total. The van der Waals surface area contributed by atoms with E-state index in [0.29, 0.717) is 11.4 Å². The number of nitrogens with zero attached hydrogens (tertiary/aromatic N) is 8. The molecule has 8 N–H and O–H groups in total. The summed E-state index contributed by atoms with van der Waals surface area (Å²) in [5.41, 5.74) is 3.22. The lowest BCUT2D eigenvalue weighted by atomic mass is 10.1. The Bertz CT molecular complexity index is 3730. The molecule has 4 aliphatic heterocycles. The average molecular weight is 1280 g/mol. The summed E-state index contributed by atoms with van der Waals surface area (Å²) in [6, 6.07) is 34.2. The minimum atomic E-state index is -6.27.